The van der Waals surface area contributed by atoms with Gasteiger partial charge in [-0.3, -0.25) is 0 Å². The molecule has 0 unspecified atom stereocenters. The number of oxazole rings is 1. The molecule has 0 radical (unpaired) electrons. The number of rotatable bonds is 7. The van der Waals surface area contributed by atoms with E-state index in [0.29, 0.717) is 5.89 Å². The van der Waals surface area contributed by atoms with Crippen LogP contribution in [0.25, 0.3) is 94.2 Å². The number of anilines is 3. The zero-order valence-corrected chi connectivity index (χ0v) is 32.4. The topological polar surface area (TPSA) is 47.3 Å². The van der Waals surface area contributed by atoms with Gasteiger partial charge in [-0.1, -0.05) is 121 Å². The Morgan fingerprint density at radius 1 is 0.400 bits per heavy atom. The lowest BCUT2D eigenvalue weighted by Crippen LogP contribution is -2.11. The fraction of sp³-hybridized carbons (Fsp3) is 0. The molecule has 5 nitrogen and oxygen atoms in total. The van der Waals surface area contributed by atoms with Crippen molar-refractivity contribution in [2.75, 3.05) is 4.90 Å². The highest BCUT2D eigenvalue weighted by Crippen LogP contribution is 2.44. The van der Waals surface area contributed by atoms with Crippen LogP contribution in [0.2, 0.25) is 0 Å². The number of hydrogen-bond donors (Lipinski definition) is 0. The molecule has 0 N–H and O–H groups in total. The van der Waals surface area contributed by atoms with Crippen LogP contribution in [-0.2, 0) is 0 Å². The minimum atomic E-state index is 0.600. The van der Waals surface area contributed by atoms with Crippen LogP contribution in [0.3, 0.4) is 0 Å². The Kier molecular flexibility index (Phi) is 7.78. The summed E-state index contributed by atoms with van der Waals surface area (Å²) < 4.78 is 15.0. The van der Waals surface area contributed by atoms with Gasteiger partial charge in [-0.15, -0.1) is 0 Å². The third-order valence-electron chi connectivity index (χ3n) is 11.6. The summed E-state index contributed by atoms with van der Waals surface area (Å²) in [6.07, 6.45) is 0. The molecule has 9 aromatic carbocycles. The van der Waals surface area contributed by atoms with Gasteiger partial charge < -0.3 is 18.3 Å². The van der Waals surface area contributed by atoms with Gasteiger partial charge in [0.05, 0.1) is 22.1 Å². The predicted molar refractivity (Wildman–Crippen MR) is 247 cm³/mol. The highest BCUT2D eigenvalue weighted by molar-refractivity contribution is 6.17. The predicted octanol–water partition coefficient (Wildman–Crippen LogP) is 15.3. The molecule has 5 heteroatoms. The van der Waals surface area contributed by atoms with E-state index >= 15 is 0 Å². The maximum absolute atomic E-state index is 6.47. The van der Waals surface area contributed by atoms with Crippen LogP contribution >= 0.6 is 0 Å². The van der Waals surface area contributed by atoms with Crippen LogP contribution in [0.4, 0.5) is 17.1 Å². The van der Waals surface area contributed by atoms with E-state index in [9.17, 15) is 0 Å². The Bertz CT molecular complexity index is 3530. The monoisotopic (exact) mass is 769 g/mol. The smallest absolute Gasteiger partial charge is 0.227 e. The van der Waals surface area contributed by atoms with Crippen LogP contribution < -0.4 is 4.90 Å². The molecule has 0 aliphatic heterocycles. The van der Waals surface area contributed by atoms with E-state index < -0.39 is 0 Å². The third kappa shape index (κ3) is 5.52. The Balaban J connectivity index is 0.979. The molecule has 0 saturated carbocycles. The summed E-state index contributed by atoms with van der Waals surface area (Å²) in [7, 11) is 0. The van der Waals surface area contributed by atoms with Crippen molar-refractivity contribution in [3.8, 4) is 39.4 Å². The van der Waals surface area contributed by atoms with Crippen LogP contribution in [0.15, 0.2) is 221 Å². The number of fused-ring (bicyclic) bond motifs is 8. The first kappa shape index (κ1) is 33.9. The van der Waals surface area contributed by atoms with Gasteiger partial charge in [0.1, 0.15) is 16.7 Å². The first-order valence-electron chi connectivity index (χ1n) is 20.2. The summed E-state index contributed by atoms with van der Waals surface area (Å²) >= 11 is 0. The van der Waals surface area contributed by atoms with E-state index in [4.69, 9.17) is 13.8 Å². The second-order valence-electron chi connectivity index (χ2n) is 15.1. The lowest BCUT2D eigenvalue weighted by Gasteiger charge is -2.28. The third-order valence-corrected chi connectivity index (χ3v) is 11.6. The van der Waals surface area contributed by atoms with Gasteiger partial charge in [-0.2, -0.15) is 0 Å². The molecule has 0 saturated heterocycles. The molecule has 3 aromatic heterocycles. The van der Waals surface area contributed by atoms with Crippen molar-refractivity contribution in [2.45, 2.75) is 0 Å². The first-order valence-corrected chi connectivity index (χ1v) is 20.2. The molecule has 0 atom stereocenters. The van der Waals surface area contributed by atoms with Crippen molar-refractivity contribution in [3.05, 3.63) is 212 Å². The van der Waals surface area contributed by atoms with E-state index in [2.05, 4.69) is 179 Å². The van der Waals surface area contributed by atoms with Crippen molar-refractivity contribution < 1.29 is 8.83 Å². The van der Waals surface area contributed by atoms with Crippen molar-refractivity contribution in [3.63, 3.8) is 0 Å². The average molecular weight is 770 g/mol. The zero-order valence-electron chi connectivity index (χ0n) is 32.4. The first-order chi connectivity index (χ1) is 29.7. The van der Waals surface area contributed by atoms with Crippen LogP contribution in [-0.4, -0.2) is 9.55 Å². The normalized spacial score (nSPS) is 11.7. The standard InChI is InChI=1S/C55H35N3O2/c1-4-14-37(15-5-1)43-20-10-12-22-47(43)57(42-29-31-49-46(35-42)44-21-11-13-23-48(44)58(49)40-18-8-3-9-19-40)41-27-24-36(25-28-41)39-26-30-45-52(34-39)59-50-32-33-51-54(53(45)50)56-55(60-51)38-16-6-2-7-17-38/h1-35H. The van der Waals surface area contributed by atoms with Crippen molar-refractivity contribution in [2.24, 2.45) is 0 Å². The van der Waals surface area contributed by atoms with Crippen LogP contribution in [0.5, 0.6) is 0 Å². The van der Waals surface area contributed by atoms with Crippen molar-refractivity contribution in [1.29, 1.82) is 0 Å². The number of furan rings is 1. The molecular weight excluding hydrogens is 735 g/mol. The van der Waals surface area contributed by atoms with E-state index in [-0.39, 0.29) is 0 Å². The van der Waals surface area contributed by atoms with Gasteiger partial charge in [0.2, 0.25) is 5.89 Å². The van der Waals surface area contributed by atoms with Crippen molar-refractivity contribution in [1.82, 2.24) is 9.55 Å². The minimum Gasteiger partial charge on any atom is -0.456 e. The molecule has 0 fully saturated rings. The summed E-state index contributed by atoms with van der Waals surface area (Å²) in [5.74, 6) is 0.600. The number of nitrogens with zero attached hydrogens (tertiary/aromatic N) is 3. The summed E-state index contributed by atoms with van der Waals surface area (Å²) in [5.41, 5.74) is 15.3. The summed E-state index contributed by atoms with van der Waals surface area (Å²) in [4.78, 5) is 7.31. The SMILES string of the molecule is c1ccc(-c2nc3c(ccc4oc5cc(-c6ccc(N(c7ccc8c(c7)c7ccccc7n8-c7ccccc7)c7ccccc7-c7ccccc7)cc6)ccc5c43)o2)cc1. The second kappa shape index (κ2) is 13.8. The van der Waals surface area contributed by atoms with Gasteiger partial charge >= 0.3 is 0 Å². The Hall–Kier alpha value is -8.15. The maximum atomic E-state index is 6.47. The molecule has 60 heavy (non-hydrogen) atoms. The number of aromatic nitrogens is 2. The minimum absolute atomic E-state index is 0.600. The molecular formula is C55H35N3O2. The molecule has 12 rings (SSSR count). The summed E-state index contributed by atoms with van der Waals surface area (Å²) in [5, 5.41) is 4.39. The maximum Gasteiger partial charge on any atom is 0.227 e. The molecule has 0 aliphatic carbocycles. The number of hydrogen-bond acceptors (Lipinski definition) is 4. The molecule has 0 spiro atoms. The molecule has 3 heterocycles. The molecule has 0 bridgehead atoms. The van der Waals surface area contributed by atoms with E-state index in [1.807, 2.05) is 42.5 Å². The van der Waals surface area contributed by atoms with Gasteiger partial charge in [-0.25, -0.2) is 4.98 Å². The van der Waals surface area contributed by atoms with Crippen LogP contribution in [0.1, 0.15) is 0 Å². The molecule has 12 aromatic rings. The Morgan fingerprint density at radius 3 is 1.87 bits per heavy atom. The lowest BCUT2D eigenvalue weighted by atomic mass is 10.0. The van der Waals surface area contributed by atoms with Gasteiger partial charge in [-0.05, 0) is 108 Å². The largest absolute Gasteiger partial charge is 0.456 e. The van der Waals surface area contributed by atoms with Crippen molar-refractivity contribution >= 4 is 71.9 Å². The van der Waals surface area contributed by atoms with Gasteiger partial charge in [0.25, 0.3) is 0 Å². The van der Waals surface area contributed by atoms with E-state index in [0.717, 1.165) is 83.6 Å². The number of para-hydroxylation sites is 3. The van der Waals surface area contributed by atoms with Crippen LogP contribution in [0, 0.1) is 0 Å². The quantitative estimate of drug-likeness (QED) is 0.162. The number of benzene rings is 9. The molecule has 0 aliphatic rings. The van der Waals surface area contributed by atoms with Gasteiger partial charge in [0.15, 0.2) is 5.58 Å². The highest BCUT2D eigenvalue weighted by Gasteiger charge is 2.21. The fourth-order valence-electron chi connectivity index (χ4n) is 8.85. The summed E-state index contributed by atoms with van der Waals surface area (Å²) in [6, 6.07) is 74.7. The Morgan fingerprint density at radius 2 is 1.05 bits per heavy atom. The lowest BCUT2D eigenvalue weighted by molar-refractivity contribution is 0.619. The van der Waals surface area contributed by atoms with E-state index in [1.54, 1.807) is 0 Å². The van der Waals surface area contributed by atoms with E-state index in [1.165, 1.54) is 21.8 Å². The molecule has 0 amide bonds. The summed E-state index contributed by atoms with van der Waals surface area (Å²) in [6.45, 7) is 0. The zero-order chi connectivity index (χ0) is 39.6. The average Bonchev–Trinajstić information content (AvgIpc) is 4.02. The fourth-order valence-corrected chi connectivity index (χ4v) is 8.85. The Labute approximate surface area is 345 Å². The second-order valence-corrected chi connectivity index (χ2v) is 15.1. The molecule has 282 valence electrons. The highest BCUT2D eigenvalue weighted by atomic mass is 16.4. The van der Waals surface area contributed by atoms with Gasteiger partial charge in [0, 0.05) is 44.3 Å².